The van der Waals surface area contributed by atoms with Crippen LogP contribution in [0, 0.1) is 0 Å². The van der Waals surface area contributed by atoms with Crippen molar-refractivity contribution in [2.45, 2.75) is 58.4 Å². The molecule has 2 amide bonds. The van der Waals surface area contributed by atoms with Crippen molar-refractivity contribution in [3.8, 4) is 5.75 Å². The standard InChI is InChI=1S/C19H30N2O2/c1-4-17-9-5-6-12-21(17)19(22)20-11-13-23-18-10-7-8-16(14-18)15(2)3/h7-8,10,14-15,17H,4-6,9,11-13H2,1-3H3,(H,20,22). The quantitative estimate of drug-likeness (QED) is 0.800. The molecule has 1 aromatic carbocycles. The molecule has 1 fully saturated rings. The highest BCUT2D eigenvalue weighted by Crippen LogP contribution is 2.20. The van der Waals surface area contributed by atoms with Crippen LogP contribution < -0.4 is 10.1 Å². The molecule has 0 aromatic heterocycles. The Bertz CT molecular complexity index is 502. The van der Waals surface area contributed by atoms with Crippen LogP contribution in [0.3, 0.4) is 0 Å². The Morgan fingerprint density at radius 1 is 1.39 bits per heavy atom. The summed E-state index contributed by atoms with van der Waals surface area (Å²) in [6, 6.07) is 8.61. The van der Waals surface area contributed by atoms with E-state index in [0.717, 1.165) is 31.6 Å². The van der Waals surface area contributed by atoms with Crippen molar-refractivity contribution in [2.24, 2.45) is 0 Å². The molecular weight excluding hydrogens is 288 g/mol. The summed E-state index contributed by atoms with van der Waals surface area (Å²) in [7, 11) is 0. The number of hydrogen-bond acceptors (Lipinski definition) is 2. The van der Waals surface area contributed by atoms with E-state index in [1.54, 1.807) is 0 Å². The Labute approximate surface area is 140 Å². The van der Waals surface area contributed by atoms with Crippen LogP contribution in [0.4, 0.5) is 4.79 Å². The maximum Gasteiger partial charge on any atom is 0.317 e. The summed E-state index contributed by atoms with van der Waals surface area (Å²) in [5.41, 5.74) is 1.27. The van der Waals surface area contributed by atoms with E-state index in [4.69, 9.17) is 4.74 Å². The first-order valence-electron chi connectivity index (χ1n) is 8.89. The summed E-state index contributed by atoms with van der Waals surface area (Å²) in [6.45, 7) is 8.41. The third-order valence-corrected chi connectivity index (χ3v) is 4.53. The second-order valence-corrected chi connectivity index (χ2v) is 6.56. The number of likely N-dealkylation sites (tertiary alicyclic amines) is 1. The molecular formula is C19H30N2O2. The molecule has 1 aliphatic heterocycles. The van der Waals surface area contributed by atoms with Crippen LogP contribution >= 0.6 is 0 Å². The second-order valence-electron chi connectivity index (χ2n) is 6.56. The highest BCUT2D eigenvalue weighted by molar-refractivity contribution is 5.74. The number of carbonyl (C=O) groups excluding carboxylic acids is 1. The van der Waals surface area contributed by atoms with Gasteiger partial charge in [-0.2, -0.15) is 0 Å². The Morgan fingerprint density at radius 2 is 2.22 bits per heavy atom. The molecule has 0 radical (unpaired) electrons. The fourth-order valence-electron chi connectivity index (χ4n) is 3.08. The van der Waals surface area contributed by atoms with E-state index in [0.29, 0.717) is 25.1 Å². The number of nitrogens with zero attached hydrogens (tertiary/aromatic N) is 1. The fraction of sp³-hybridized carbons (Fsp3) is 0.632. The highest BCUT2D eigenvalue weighted by atomic mass is 16.5. The molecule has 1 N–H and O–H groups in total. The van der Waals surface area contributed by atoms with Gasteiger partial charge in [-0.15, -0.1) is 0 Å². The van der Waals surface area contributed by atoms with Gasteiger partial charge in [0, 0.05) is 12.6 Å². The third kappa shape index (κ3) is 5.15. The van der Waals surface area contributed by atoms with Gasteiger partial charge in [0.05, 0.1) is 6.54 Å². The van der Waals surface area contributed by atoms with Crippen molar-refractivity contribution < 1.29 is 9.53 Å². The third-order valence-electron chi connectivity index (χ3n) is 4.53. The zero-order valence-electron chi connectivity index (χ0n) is 14.7. The first-order valence-corrected chi connectivity index (χ1v) is 8.89. The SMILES string of the molecule is CCC1CCCCN1C(=O)NCCOc1cccc(C(C)C)c1. The van der Waals surface area contributed by atoms with Gasteiger partial charge in [-0.05, 0) is 49.3 Å². The predicted octanol–water partition coefficient (Wildman–Crippen LogP) is 4.16. The molecule has 0 bridgehead atoms. The first kappa shape index (κ1) is 17.6. The maximum absolute atomic E-state index is 12.3. The number of benzene rings is 1. The Balaban J connectivity index is 1.74. The molecule has 1 aliphatic rings. The highest BCUT2D eigenvalue weighted by Gasteiger charge is 2.24. The lowest BCUT2D eigenvalue weighted by Crippen LogP contribution is -2.49. The number of urea groups is 1. The normalized spacial score (nSPS) is 18.1. The number of ether oxygens (including phenoxy) is 1. The van der Waals surface area contributed by atoms with Crippen LogP contribution in [0.5, 0.6) is 5.75 Å². The van der Waals surface area contributed by atoms with Crippen molar-refractivity contribution >= 4 is 6.03 Å². The molecule has 23 heavy (non-hydrogen) atoms. The van der Waals surface area contributed by atoms with E-state index in [-0.39, 0.29) is 6.03 Å². The van der Waals surface area contributed by atoms with Crippen molar-refractivity contribution in [1.29, 1.82) is 0 Å². The van der Waals surface area contributed by atoms with Crippen LogP contribution in [0.15, 0.2) is 24.3 Å². The topological polar surface area (TPSA) is 41.6 Å². The molecule has 1 heterocycles. The van der Waals surface area contributed by atoms with Gasteiger partial charge < -0.3 is 15.0 Å². The first-order chi connectivity index (χ1) is 11.1. The van der Waals surface area contributed by atoms with Crippen molar-refractivity contribution in [3.05, 3.63) is 29.8 Å². The van der Waals surface area contributed by atoms with E-state index < -0.39 is 0 Å². The summed E-state index contributed by atoms with van der Waals surface area (Å²) < 4.78 is 5.75. The number of carbonyl (C=O) groups is 1. The zero-order valence-corrected chi connectivity index (χ0v) is 14.7. The molecule has 0 spiro atoms. The zero-order chi connectivity index (χ0) is 16.7. The Morgan fingerprint density at radius 3 is 2.96 bits per heavy atom. The van der Waals surface area contributed by atoms with Gasteiger partial charge in [0.1, 0.15) is 12.4 Å². The van der Waals surface area contributed by atoms with E-state index >= 15 is 0 Å². The van der Waals surface area contributed by atoms with Gasteiger partial charge in [-0.3, -0.25) is 0 Å². The van der Waals surface area contributed by atoms with Crippen LogP contribution in [-0.4, -0.2) is 36.7 Å². The minimum Gasteiger partial charge on any atom is -0.492 e. The van der Waals surface area contributed by atoms with Gasteiger partial charge in [0.15, 0.2) is 0 Å². The van der Waals surface area contributed by atoms with E-state index in [1.807, 2.05) is 17.0 Å². The predicted molar refractivity (Wildman–Crippen MR) is 94.1 cm³/mol. The Hall–Kier alpha value is -1.71. The average molecular weight is 318 g/mol. The maximum atomic E-state index is 12.3. The minimum atomic E-state index is 0.0519. The lowest BCUT2D eigenvalue weighted by molar-refractivity contribution is 0.147. The average Bonchev–Trinajstić information content (AvgIpc) is 2.58. The van der Waals surface area contributed by atoms with Crippen LogP contribution in [0.2, 0.25) is 0 Å². The lowest BCUT2D eigenvalue weighted by Gasteiger charge is -2.35. The molecule has 1 aromatic rings. The summed E-state index contributed by atoms with van der Waals surface area (Å²) >= 11 is 0. The number of piperidine rings is 1. The molecule has 2 rings (SSSR count). The van der Waals surface area contributed by atoms with Crippen molar-refractivity contribution in [3.63, 3.8) is 0 Å². The number of rotatable bonds is 6. The van der Waals surface area contributed by atoms with Crippen molar-refractivity contribution in [1.82, 2.24) is 10.2 Å². The summed E-state index contributed by atoms with van der Waals surface area (Å²) in [5.74, 6) is 1.36. The number of nitrogens with one attached hydrogen (secondary N) is 1. The number of amides is 2. The van der Waals surface area contributed by atoms with Gasteiger partial charge >= 0.3 is 6.03 Å². The summed E-state index contributed by atoms with van der Waals surface area (Å²) in [4.78, 5) is 14.3. The summed E-state index contributed by atoms with van der Waals surface area (Å²) in [6.07, 6.45) is 4.51. The van der Waals surface area contributed by atoms with Gasteiger partial charge in [0.2, 0.25) is 0 Å². The van der Waals surface area contributed by atoms with Crippen molar-refractivity contribution in [2.75, 3.05) is 19.7 Å². The summed E-state index contributed by atoms with van der Waals surface area (Å²) in [5, 5.41) is 2.99. The second kappa shape index (κ2) is 8.80. The molecule has 1 atom stereocenters. The van der Waals surface area contributed by atoms with E-state index in [1.165, 1.54) is 12.0 Å². The largest absolute Gasteiger partial charge is 0.492 e. The van der Waals surface area contributed by atoms with Gasteiger partial charge in [-0.1, -0.05) is 32.9 Å². The van der Waals surface area contributed by atoms with E-state index in [2.05, 4.69) is 38.2 Å². The Kier molecular flexibility index (Phi) is 6.75. The van der Waals surface area contributed by atoms with Crippen LogP contribution in [0.25, 0.3) is 0 Å². The molecule has 1 saturated heterocycles. The molecule has 4 heteroatoms. The number of hydrogen-bond donors (Lipinski definition) is 1. The molecule has 0 saturated carbocycles. The van der Waals surface area contributed by atoms with Gasteiger partial charge in [0.25, 0.3) is 0 Å². The monoisotopic (exact) mass is 318 g/mol. The molecule has 0 aliphatic carbocycles. The van der Waals surface area contributed by atoms with Crippen LogP contribution in [-0.2, 0) is 0 Å². The molecule has 4 nitrogen and oxygen atoms in total. The lowest BCUT2D eigenvalue weighted by atomic mass is 10.0. The molecule has 128 valence electrons. The van der Waals surface area contributed by atoms with Gasteiger partial charge in [-0.25, -0.2) is 4.79 Å². The van der Waals surface area contributed by atoms with E-state index in [9.17, 15) is 4.79 Å². The molecule has 1 unspecified atom stereocenters. The van der Waals surface area contributed by atoms with Crippen LogP contribution in [0.1, 0.15) is 57.9 Å². The smallest absolute Gasteiger partial charge is 0.317 e. The fourth-order valence-corrected chi connectivity index (χ4v) is 3.08. The minimum absolute atomic E-state index is 0.0519.